The maximum Gasteiger partial charge on any atom is 0.237 e. The van der Waals surface area contributed by atoms with Crippen LogP contribution in [0.5, 0.6) is 0 Å². The Morgan fingerprint density at radius 2 is 1.73 bits per heavy atom. The van der Waals surface area contributed by atoms with Gasteiger partial charge in [0.2, 0.25) is 5.71 Å². The van der Waals surface area contributed by atoms with Crippen molar-refractivity contribution in [3.05, 3.63) is 29.8 Å². The zero-order valence-electron chi connectivity index (χ0n) is 7.33. The number of anilines is 1. The molecule has 1 N–H and O–H groups in total. The third kappa shape index (κ3) is 2.48. The molecule has 1 aromatic carbocycles. The second-order valence-corrected chi connectivity index (χ2v) is 2.39. The Labute approximate surface area is 84.1 Å². The number of hydrogen-bond donors (Lipinski definition) is 1. The van der Waals surface area contributed by atoms with Gasteiger partial charge in [0, 0.05) is 0 Å². The van der Waals surface area contributed by atoms with Crippen molar-refractivity contribution in [1.29, 1.82) is 10.5 Å². The van der Waals surface area contributed by atoms with Gasteiger partial charge < -0.3 is 0 Å². The predicted molar refractivity (Wildman–Crippen MR) is 48.6 cm³/mol. The van der Waals surface area contributed by atoms with E-state index in [1.807, 2.05) is 5.43 Å². The van der Waals surface area contributed by atoms with Crippen LogP contribution in [-0.2, 0) is 0 Å². The molecule has 0 heterocycles. The Hall–Kier alpha value is -2.47. The summed E-state index contributed by atoms with van der Waals surface area (Å²) in [6, 6.07) is 6.13. The average molecular weight is 206 g/mol. The van der Waals surface area contributed by atoms with E-state index in [1.165, 1.54) is 18.2 Å². The standard InChI is InChI=1S/C9H4F2N4/c10-7-2-1-3-8(11)9(7)15-14-6(4-12)5-13/h1-3,15H. The molecule has 0 spiro atoms. The lowest BCUT2D eigenvalue weighted by Gasteiger charge is -2.02. The maximum atomic E-state index is 13.0. The fourth-order valence-electron chi connectivity index (χ4n) is 0.791. The topological polar surface area (TPSA) is 72.0 Å². The number of benzene rings is 1. The van der Waals surface area contributed by atoms with E-state index in [2.05, 4.69) is 5.10 Å². The molecule has 0 aromatic heterocycles. The Kier molecular flexibility index (Phi) is 3.31. The third-order valence-corrected chi connectivity index (χ3v) is 1.45. The molecule has 0 aliphatic rings. The van der Waals surface area contributed by atoms with Crippen molar-refractivity contribution >= 4 is 11.4 Å². The first-order chi connectivity index (χ1) is 7.19. The summed E-state index contributed by atoms with van der Waals surface area (Å²) >= 11 is 0. The number of nitrogens with one attached hydrogen (secondary N) is 1. The van der Waals surface area contributed by atoms with Crippen LogP contribution < -0.4 is 5.43 Å². The SMILES string of the molecule is N#CC(C#N)=NNc1c(F)cccc1F. The Bertz CT molecular complexity index is 446. The van der Waals surface area contributed by atoms with Crippen molar-refractivity contribution < 1.29 is 8.78 Å². The second-order valence-electron chi connectivity index (χ2n) is 2.39. The number of para-hydroxylation sites is 1. The molecule has 0 saturated carbocycles. The van der Waals surface area contributed by atoms with E-state index in [-0.39, 0.29) is 0 Å². The lowest BCUT2D eigenvalue weighted by atomic mass is 10.3. The fraction of sp³-hybridized carbons (Fsp3) is 0. The summed E-state index contributed by atoms with van der Waals surface area (Å²) in [7, 11) is 0. The molecule has 0 saturated heterocycles. The van der Waals surface area contributed by atoms with Crippen molar-refractivity contribution in [1.82, 2.24) is 0 Å². The van der Waals surface area contributed by atoms with Crippen LogP contribution >= 0.6 is 0 Å². The van der Waals surface area contributed by atoms with Crippen LogP contribution in [0.15, 0.2) is 23.3 Å². The van der Waals surface area contributed by atoms with Crippen LogP contribution in [0.1, 0.15) is 0 Å². The molecule has 0 aliphatic heterocycles. The summed E-state index contributed by atoms with van der Waals surface area (Å²) in [6.45, 7) is 0. The number of rotatable bonds is 2. The Morgan fingerprint density at radius 3 is 2.20 bits per heavy atom. The van der Waals surface area contributed by atoms with Gasteiger partial charge in [-0.15, -0.1) is 0 Å². The van der Waals surface area contributed by atoms with Crippen molar-refractivity contribution in [3.63, 3.8) is 0 Å². The molecule has 0 fully saturated rings. The molecular formula is C9H4F2N4. The highest BCUT2D eigenvalue weighted by Gasteiger charge is 2.07. The summed E-state index contributed by atoms with van der Waals surface area (Å²) in [5, 5.41) is 19.8. The Morgan fingerprint density at radius 1 is 1.20 bits per heavy atom. The van der Waals surface area contributed by atoms with Crippen LogP contribution in [0.2, 0.25) is 0 Å². The predicted octanol–water partition coefficient (Wildman–Crippen LogP) is 1.78. The number of hydrogen-bond acceptors (Lipinski definition) is 4. The van der Waals surface area contributed by atoms with Crippen LogP contribution in [-0.4, -0.2) is 5.71 Å². The molecule has 15 heavy (non-hydrogen) atoms. The van der Waals surface area contributed by atoms with Gasteiger partial charge in [-0.05, 0) is 12.1 Å². The molecular weight excluding hydrogens is 202 g/mol. The zero-order valence-corrected chi connectivity index (χ0v) is 7.33. The van der Waals surface area contributed by atoms with Gasteiger partial charge in [-0.3, -0.25) is 5.43 Å². The van der Waals surface area contributed by atoms with E-state index in [9.17, 15) is 8.78 Å². The molecule has 0 amide bonds. The molecule has 1 rings (SSSR count). The molecule has 1 aromatic rings. The molecule has 0 unspecified atom stereocenters. The van der Waals surface area contributed by atoms with Gasteiger partial charge >= 0.3 is 0 Å². The van der Waals surface area contributed by atoms with Gasteiger partial charge in [0.15, 0.2) is 11.6 Å². The second kappa shape index (κ2) is 4.68. The van der Waals surface area contributed by atoms with Gasteiger partial charge in [0.1, 0.15) is 17.8 Å². The van der Waals surface area contributed by atoms with Gasteiger partial charge in [0.05, 0.1) is 0 Å². The smallest absolute Gasteiger partial charge is 0.237 e. The summed E-state index contributed by atoms with van der Waals surface area (Å²) in [4.78, 5) is 0. The number of hydrazone groups is 1. The molecule has 74 valence electrons. The molecule has 0 radical (unpaired) electrons. The summed E-state index contributed by atoms with van der Waals surface area (Å²) in [6.07, 6.45) is 0. The summed E-state index contributed by atoms with van der Waals surface area (Å²) < 4.78 is 25.9. The molecule has 4 nitrogen and oxygen atoms in total. The Balaban J connectivity index is 2.98. The first-order valence-corrected chi connectivity index (χ1v) is 3.77. The van der Waals surface area contributed by atoms with E-state index in [0.717, 1.165) is 12.1 Å². The minimum absolute atomic E-state index is 0.500. The normalized spacial score (nSPS) is 8.53. The van der Waals surface area contributed by atoms with Gasteiger partial charge in [-0.25, -0.2) is 8.78 Å². The summed E-state index contributed by atoms with van der Waals surface area (Å²) in [5.74, 6) is -1.71. The number of nitrogens with zero attached hydrogens (tertiary/aromatic N) is 3. The minimum Gasteiger partial charge on any atom is -0.271 e. The highest BCUT2D eigenvalue weighted by Crippen LogP contribution is 2.17. The van der Waals surface area contributed by atoms with Crippen LogP contribution in [0, 0.1) is 34.3 Å². The van der Waals surface area contributed by atoms with Crippen molar-refractivity contribution in [3.8, 4) is 12.1 Å². The molecule has 6 heteroatoms. The molecule has 0 bridgehead atoms. The number of nitriles is 2. The average Bonchev–Trinajstić information content (AvgIpc) is 2.23. The van der Waals surface area contributed by atoms with E-state index < -0.39 is 23.0 Å². The van der Waals surface area contributed by atoms with E-state index in [4.69, 9.17) is 10.5 Å². The molecule has 0 atom stereocenters. The maximum absolute atomic E-state index is 13.0. The van der Waals surface area contributed by atoms with Gasteiger partial charge in [0.25, 0.3) is 0 Å². The van der Waals surface area contributed by atoms with E-state index in [0.29, 0.717) is 0 Å². The van der Waals surface area contributed by atoms with E-state index >= 15 is 0 Å². The van der Waals surface area contributed by atoms with Gasteiger partial charge in [-0.1, -0.05) is 6.07 Å². The van der Waals surface area contributed by atoms with Crippen molar-refractivity contribution in [2.45, 2.75) is 0 Å². The highest BCUT2D eigenvalue weighted by molar-refractivity contribution is 6.10. The third-order valence-electron chi connectivity index (χ3n) is 1.45. The van der Waals surface area contributed by atoms with Crippen LogP contribution in [0.3, 0.4) is 0 Å². The lowest BCUT2D eigenvalue weighted by molar-refractivity contribution is 0.589. The first-order valence-electron chi connectivity index (χ1n) is 3.77. The fourth-order valence-corrected chi connectivity index (χ4v) is 0.791. The largest absolute Gasteiger partial charge is 0.271 e. The van der Waals surface area contributed by atoms with Crippen LogP contribution in [0.25, 0.3) is 0 Å². The van der Waals surface area contributed by atoms with Gasteiger partial charge in [-0.2, -0.15) is 15.6 Å². The lowest BCUT2D eigenvalue weighted by Crippen LogP contribution is -2.00. The number of halogens is 2. The van der Waals surface area contributed by atoms with E-state index in [1.54, 1.807) is 0 Å². The highest BCUT2D eigenvalue weighted by atomic mass is 19.1. The zero-order chi connectivity index (χ0) is 11.3. The molecule has 0 aliphatic carbocycles. The summed E-state index contributed by atoms with van der Waals surface area (Å²) in [5.41, 5.74) is 0.961. The van der Waals surface area contributed by atoms with Crippen molar-refractivity contribution in [2.75, 3.05) is 5.43 Å². The van der Waals surface area contributed by atoms with Crippen LogP contribution in [0.4, 0.5) is 14.5 Å². The van der Waals surface area contributed by atoms with Crippen molar-refractivity contribution in [2.24, 2.45) is 5.10 Å². The monoisotopic (exact) mass is 206 g/mol. The first kappa shape index (κ1) is 10.6. The minimum atomic E-state index is -0.853. The quantitative estimate of drug-likeness (QED) is 0.592.